The van der Waals surface area contributed by atoms with Gasteiger partial charge in [0.25, 0.3) is 0 Å². The Labute approximate surface area is 190 Å². The van der Waals surface area contributed by atoms with Crippen LogP contribution in [0.5, 0.6) is 11.5 Å². The van der Waals surface area contributed by atoms with Crippen molar-refractivity contribution in [1.82, 2.24) is 10.2 Å². The van der Waals surface area contributed by atoms with E-state index < -0.39 is 0 Å². The molecule has 0 aliphatic carbocycles. The van der Waals surface area contributed by atoms with Crippen molar-refractivity contribution < 1.29 is 19.0 Å². The SMILES string of the molecule is COc1cccc(CNc2ccc3c(c2)CN2CCCC(C2)C(=O)NCCOCCO3)c1. The van der Waals surface area contributed by atoms with E-state index in [4.69, 9.17) is 14.2 Å². The highest BCUT2D eigenvalue weighted by Gasteiger charge is 2.26. The fourth-order valence-corrected chi connectivity index (χ4v) is 4.30. The highest BCUT2D eigenvalue weighted by molar-refractivity contribution is 5.78. The molecule has 0 radical (unpaired) electrons. The molecular formula is C25H33N3O4. The van der Waals surface area contributed by atoms with Crippen molar-refractivity contribution in [3.05, 3.63) is 53.6 Å². The van der Waals surface area contributed by atoms with Crippen molar-refractivity contribution in [1.29, 1.82) is 0 Å². The number of rotatable bonds is 4. The monoisotopic (exact) mass is 439 g/mol. The standard InChI is InChI=1S/C25H33N3O4/c1-30-23-6-2-4-19(14-23)16-27-22-7-8-24-21(15-22)18-28-10-3-5-20(17-28)25(29)26-9-11-31-12-13-32-24/h2,4,6-8,14-15,20,27H,3,5,9-13,16-18H2,1H3,(H,26,29). The zero-order chi connectivity index (χ0) is 22.2. The Bertz CT molecular complexity index is 905. The fourth-order valence-electron chi connectivity index (χ4n) is 4.30. The Morgan fingerprint density at radius 1 is 1.19 bits per heavy atom. The first-order valence-corrected chi connectivity index (χ1v) is 11.4. The van der Waals surface area contributed by atoms with Crippen molar-refractivity contribution in [3.8, 4) is 11.5 Å². The maximum atomic E-state index is 12.5. The van der Waals surface area contributed by atoms with Gasteiger partial charge in [-0.3, -0.25) is 9.69 Å². The van der Waals surface area contributed by atoms with E-state index in [1.54, 1.807) is 7.11 Å². The Morgan fingerprint density at radius 2 is 2.12 bits per heavy atom. The number of carbonyl (C=O) groups is 1. The molecule has 2 N–H and O–H groups in total. The molecule has 0 saturated carbocycles. The normalized spacial score (nSPS) is 22.0. The lowest BCUT2D eigenvalue weighted by atomic mass is 9.96. The molecule has 7 heteroatoms. The van der Waals surface area contributed by atoms with Gasteiger partial charge in [-0.05, 0) is 55.3 Å². The molecule has 1 fully saturated rings. The van der Waals surface area contributed by atoms with E-state index in [9.17, 15) is 4.79 Å². The van der Waals surface area contributed by atoms with E-state index in [2.05, 4.69) is 33.7 Å². The molecule has 2 aliphatic rings. The third-order valence-electron chi connectivity index (χ3n) is 5.99. The number of fused-ring (bicyclic) bond motifs is 3. The molecule has 2 unspecified atom stereocenters. The molecule has 172 valence electrons. The van der Waals surface area contributed by atoms with Crippen molar-refractivity contribution in [2.45, 2.75) is 25.9 Å². The number of hydrogen-bond acceptors (Lipinski definition) is 6. The molecule has 7 nitrogen and oxygen atoms in total. The second-order valence-corrected chi connectivity index (χ2v) is 8.35. The molecule has 0 spiro atoms. The summed E-state index contributed by atoms with van der Waals surface area (Å²) in [5.74, 6) is 1.91. The number of nitrogens with one attached hydrogen (secondary N) is 2. The van der Waals surface area contributed by atoms with Gasteiger partial charge in [0.1, 0.15) is 18.1 Å². The number of nitrogens with zero attached hydrogens (tertiary/aromatic N) is 1. The van der Waals surface area contributed by atoms with Crippen LogP contribution in [0, 0.1) is 5.92 Å². The number of piperidine rings is 1. The lowest BCUT2D eigenvalue weighted by Crippen LogP contribution is -2.43. The average molecular weight is 440 g/mol. The Kier molecular flexibility index (Phi) is 7.85. The van der Waals surface area contributed by atoms with E-state index in [-0.39, 0.29) is 11.8 Å². The average Bonchev–Trinajstić information content (AvgIpc) is 2.83. The number of anilines is 1. The molecule has 2 bridgehead atoms. The van der Waals surface area contributed by atoms with Crippen LogP contribution in [0.3, 0.4) is 0 Å². The first-order chi connectivity index (χ1) is 15.7. The van der Waals surface area contributed by atoms with Gasteiger partial charge in [0.2, 0.25) is 5.91 Å². The second-order valence-electron chi connectivity index (χ2n) is 8.35. The lowest BCUT2D eigenvalue weighted by molar-refractivity contribution is -0.127. The topological polar surface area (TPSA) is 72.1 Å². The third-order valence-corrected chi connectivity index (χ3v) is 5.99. The summed E-state index contributed by atoms with van der Waals surface area (Å²) in [5, 5.41) is 6.52. The zero-order valence-electron chi connectivity index (χ0n) is 18.8. The Balaban J connectivity index is 1.49. The van der Waals surface area contributed by atoms with E-state index in [1.165, 1.54) is 0 Å². The van der Waals surface area contributed by atoms with Gasteiger partial charge in [0.05, 0.1) is 26.2 Å². The lowest BCUT2D eigenvalue weighted by Gasteiger charge is -2.32. The van der Waals surface area contributed by atoms with Crippen LogP contribution in [0.4, 0.5) is 5.69 Å². The van der Waals surface area contributed by atoms with Gasteiger partial charge >= 0.3 is 0 Å². The van der Waals surface area contributed by atoms with Gasteiger partial charge in [-0.25, -0.2) is 0 Å². The van der Waals surface area contributed by atoms with E-state index >= 15 is 0 Å². The van der Waals surface area contributed by atoms with E-state index in [1.807, 2.05) is 24.3 Å². The van der Waals surface area contributed by atoms with Crippen LogP contribution in [-0.4, -0.2) is 57.4 Å². The molecule has 2 aromatic rings. The summed E-state index contributed by atoms with van der Waals surface area (Å²) in [5.41, 5.74) is 3.32. The molecule has 1 amide bonds. The van der Waals surface area contributed by atoms with Gasteiger partial charge in [-0.2, -0.15) is 0 Å². The van der Waals surface area contributed by atoms with Crippen LogP contribution in [0.25, 0.3) is 0 Å². The summed E-state index contributed by atoms with van der Waals surface area (Å²) in [6, 6.07) is 14.3. The van der Waals surface area contributed by atoms with Crippen molar-refractivity contribution >= 4 is 11.6 Å². The van der Waals surface area contributed by atoms with Crippen LogP contribution in [-0.2, 0) is 22.6 Å². The second kappa shape index (κ2) is 11.2. The predicted molar refractivity (Wildman–Crippen MR) is 124 cm³/mol. The minimum Gasteiger partial charge on any atom is -0.497 e. The summed E-state index contributed by atoms with van der Waals surface area (Å²) < 4.78 is 17.0. The molecule has 1 saturated heterocycles. The summed E-state index contributed by atoms with van der Waals surface area (Å²) in [6.45, 7) is 5.27. The van der Waals surface area contributed by atoms with Crippen LogP contribution in [0.1, 0.15) is 24.0 Å². The quantitative estimate of drug-likeness (QED) is 0.763. The van der Waals surface area contributed by atoms with Crippen molar-refractivity contribution in [2.24, 2.45) is 5.92 Å². The molecule has 4 rings (SSSR count). The first kappa shape index (κ1) is 22.4. The molecule has 32 heavy (non-hydrogen) atoms. The smallest absolute Gasteiger partial charge is 0.224 e. The van der Waals surface area contributed by atoms with Gasteiger partial charge < -0.3 is 24.8 Å². The van der Waals surface area contributed by atoms with Gasteiger partial charge in [0.15, 0.2) is 0 Å². The zero-order valence-corrected chi connectivity index (χ0v) is 18.8. The Morgan fingerprint density at radius 3 is 3.03 bits per heavy atom. The number of benzene rings is 2. The summed E-state index contributed by atoms with van der Waals surface area (Å²) in [4.78, 5) is 14.9. The highest BCUT2D eigenvalue weighted by Crippen LogP contribution is 2.27. The molecule has 2 aromatic carbocycles. The van der Waals surface area contributed by atoms with Gasteiger partial charge in [-0.15, -0.1) is 0 Å². The number of hydrogen-bond donors (Lipinski definition) is 2. The summed E-state index contributed by atoms with van der Waals surface area (Å²) in [6.07, 6.45) is 1.97. The minimum absolute atomic E-state index is 0.0328. The van der Waals surface area contributed by atoms with Crippen molar-refractivity contribution in [2.75, 3.05) is 51.9 Å². The molecule has 2 atom stereocenters. The number of amides is 1. The molecule has 2 aliphatic heterocycles. The van der Waals surface area contributed by atoms with Crippen LogP contribution >= 0.6 is 0 Å². The fraction of sp³-hybridized carbons (Fsp3) is 0.480. The van der Waals surface area contributed by atoms with Crippen LogP contribution in [0.15, 0.2) is 42.5 Å². The number of methoxy groups -OCH3 is 1. The van der Waals surface area contributed by atoms with Crippen molar-refractivity contribution in [3.63, 3.8) is 0 Å². The number of ether oxygens (including phenoxy) is 3. The van der Waals surface area contributed by atoms with E-state index in [0.717, 1.165) is 60.8 Å². The summed E-state index contributed by atoms with van der Waals surface area (Å²) >= 11 is 0. The van der Waals surface area contributed by atoms with Gasteiger partial charge in [0, 0.05) is 37.4 Å². The molecular weight excluding hydrogens is 406 g/mol. The number of carbonyl (C=O) groups excluding carboxylic acids is 1. The van der Waals surface area contributed by atoms with Crippen LogP contribution < -0.4 is 20.1 Å². The molecule has 2 heterocycles. The minimum atomic E-state index is 0.0328. The Hall–Kier alpha value is -2.77. The third kappa shape index (κ3) is 6.14. The largest absolute Gasteiger partial charge is 0.497 e. The predicted octanol–water partition coefficient (Wildman–Crippen LogP) is 3.04. The maximum absolute atomic E-state index is 12.5. The molecule has 0 aromatic heterocycles. The van der Waals surface area contributed by atoms with Crippen LogP contribution in [0.2, 0.25) is 0 Å². The summed E-state index contributed by atoms with van der Waals surface area (Å²) in [7, 11) is 1.68. The maximum Gasteiger partial charge on any atom is 0.224 e. The highest BCUT2D eigenvalue weighted by atomic mass is 16.5. The van der Waals surface area contributed by atoms with Gasteiger partial charge in [-0.1, -0.05) is 12.1 Å². The van der Waals surface area contributed by atoms with E-state index in [0.29, 0.717) is 32.9 Å². The first-order valence-electron chi connectivity index (χ1n) is 11.4.